The van der Waals surface area contributed by atoms with Crippen LogP contribution in [0.15, 0.2) is 24.3 Å². The number of benzene rings is 1. The van der Waals surface area contributed by atoms with Gasteiger partial charge in [-0.3, -0.25) is 0 Å². The average Bonchev–Trinajstić information content (AvgIpc) is 2.79. The first-order valence-corrected chi connectivity index (χ1v) is 8.42. The second-order valence-electron chi connectivity index (χ2n) is 5.76. The van der Waals surface area contributed by atoms with Gasteiger partial charge in [0.25, 0.3) is 0 Å². The smallest absolute Gasteiger partial charge is 0.119 e. The van der Waals surface area contributed by atoms with Crippen LogP contribution >= 0.6 is 0 Å². The standard InChI is InChI=1S/C18H29NO2/c1-2-19-15-16-8-7-11-18(14-16)21-13-12-20-17-9-5-3-4-6-10-17/h7-8,11,14,17,19H,2-6,9-10,12-13,15H2,1H3. The van der Waals surface area contributed by atoms with Gasteiger partial charge in [0, 0.05) is 6.54 Å². The minimum absolute atomic E-state index is 0.455. The molecule has 3 heteroatoms. The van der Waals surface area contributed by atoms with Crippen molar-refractivity contribution < 1.29 is 9.47 Å². The summed E-state index contributed by atoms with van der Waals surface area (Å²) in [5, 5.41) is 3.33. The molecule has 0 amide bonds. The summed E-state index contributed by atoms with van der Waals surface area (Å²) in [4.78, 5) is 0. The second-order valence-corrected chi connectivity index (χ2v) is 5.76. The van der Waals surface area contributed by atoms with Crippen LogP contribution in [-0.4, -0.2) is 25.9 Å². The molecule has 0 saturated heterocycles. The van der Waals surface area contributed by atoms with Crippen LogP contribution in [-0.2, 0) is 11.3 Å². The van der Waals surface area contributed by atoms with E-state index < -0.39 is 0 Å². The largest absolute Gasteiger partial charge is 0.491 e. The zero-order valence-corrected chi connectivity index (χ0v) is 13.3. The normalized spacial score (nSPS) is 16.6. The van der Waals surface area contributed by atoms with Crippen LogP contribution in [0, 0.1) is 0 Å². The number of ether oxygens (including phenoxy) is 2. The minimum atomic E-state index is 0.455. The molecule has 1 aromatic carbocycles. The van der Waals surface area contributed by atoms with Crippen molar-refractivity contribution in [2.45, 2.75) is 58.1 Å². The van der Waals surface area contributed by atoms with Crippen LogP contribution in [0.1, 0.15) is 51.0 Å². The van der Waals surface area contributed by atoms with Gasteiger partial charge in [-0.1, -0.05) is 44.7 Å². The summed E-state index contributed by atoms with van der Waals surface area (Å²) < 4.78 is 11.7. The maximum atomic E-state index is 5.94. The molecule has 0 bridgehead atoms. The van der Waals surface area contributed by atoms with Gasteiger partial charge < -0.3 is 14.8 Å². The molecule has 21 heavy (non-hydrogen) atoms. The number of hydrogen-bond acceptors (Lipinski definition) is 3. The van der Waals surface area contributed by atoms with Gasteiger partial charge in [-0.25, -0.2) is 0 Å². The predicted octanol–water partition coefficient (Wildman–Crippen LogP) is 3.91. The van der Waals surface area contributed by atoms with Crippen LogP contribution < -0.4 is 10.1 Å². The van der Waals surface area contributed by atoms with Gasteiger partial charge in [-0.2, -0.15) is 0 Å². The zero-order valence-electron chi connectivity index (χ0n) is 13.3. The predicted molar refractivity (Wildman–Crippen MR) is 86.8 cm³/mol. The molecule has 3 nitrogen and oxygen atoms in total. The van der Waals surface area contributed by atoms with E-state index in [9.17, 15) is 0 Å². The van der Waals surface area contributed by atoms with Crippen LogP contribution in [0.4, 0.5) is 0 Å². The molecule has 1 aliphatic rings. The highest BCUT2D eigenvalue weighted by Crippen LogP contribution is 2.20. The summed E-state index contributed by atoms with van der Waals surface area (Å²) in [5.74, 6) is 0.940. The van der Waals surface area contributed by atoms with E-state index in [4.69, 9.17) is 9.47 Å². The fourth-order valence-electron chi connectivity index (χ4n) is 2.80. The van der Waals surface area contributed by atoms with Crippen molar-refractivity contribution in [2.24, 2.45) is 0 Å². The fraction of sp³-hybridized carbons (Fsp3) is 0.667. The average molecular weight is 291 g/mol. The Morgan fingerprint density at radius 3 is 2.67 bits per heavy atom. The van der Waals surface area contributed by atoms with E-state index in [1.165, 1.54) is 44.1 Å². The Balaban J connectivity index is 1.65. The van der Waals surface area contributed by atoms with Crippen LogP contribution in [0.25, 0.3) is 0 Å². The van der Waals surface area contributed by atoms with Gasteiger partial charge in [-0.05, 0) is 37.1 Å². The van der Waals surface area contributed by atoms with Crippen LogP contribution in [0.5, 0.6) is 5.75 Å². The molecule has 2 rings (SSSR count). The molecule has 1 N–H and O–H groups in total. The van der Waals surface area contributed by atoms with E-state index >= 15 is 0 Å². The molecule has 0 heterocycles. The number of nitrogens with one attached hydrogen (secondary N) is 1. The van der Waals surface area contributed by atoms with Gasteiger partial charge in [0.15, 0.2) is 0 Å². The van der Waals surface area contributed by atoms with Crippen molar-refractivity contribution in [3.8, 4) is 5.75 Å². The van der Waals surface area contributed by atoms with E-state index in [0.29, 0.717) is 19.3 Å². The summed E-state index contributed by atoms with van der Waals surface area (Å²) in [6.07, 6.45) is 8.27. The van der Waals surface area contributed by atoms with Crippen LogP contribution in [0.2, 0.25) is 0 Å². The summed E-state index contributed by atoms with van der Waals surface area (Å²) in [5.41, 5.74) is 1.26. The van der Waals surface area contributed by atoms with E-state index in [0.717, 1.165) is 18.8 Å². The Labute approximate surface area is 129 Å². The third-order valence-electron chi connectivity index (χ3n) is 3.99. The molecule has 0 radical (unpaired) electrons. The zero-order chi connectivity index (χ0) is 14.8. The maximum absolute atomic E-state index is 5.94. The monoisotopic (exact) mass is 291 g/mol. The molecule has 0 spiro atoms. The third kappa shape index (κ3) is 6.49. The van der Waals surface area contributed by atoms with Crippen molar-refractivity contribution in [1.82, 2.24) is 5.32 Å². The lowest BCUT2D eigenvalue weighted by Crippen LogP contribution is -2.16. The van der Waals surface area contributed by atoms with Crippen molar-refractivity contribution in [3.05, 3.63) is 29.8 Å². The summed E-state index contributed by atoms with van der Waals surface area (Å²) in [6.45, 7) is 5.33. The van der Waals surface area contributed by atoms with Crippen molar-refractivity contribution >= 4 is 0 Å². The molecule has 1 saturated carbocycles. The molecule has 0 aliphatic heterocycles. The summed E-state index contributed by atoms with van der Waals surface area (Å²) >= 11 is 0. The van der Waals surface area contributed by atoms with Crippen molar-refractivity contribution in [3.63, 3.8) is 0 Å². The third-order valence-corrected chi connectivity index (χ3v) is 3.99. The highest BCUT2D eigenvalue weighted by molar-refractivity contribution is 5.28. The fourth-order valence-corrected chi connectivity index (χ4v) is 2.80. The quantitative estimate of drug-likeness (QED) is 0.582. The molecule has 118 valence electrons. The van der Waals surface area contributed by atoms with Gasteiger partial charge >= 0.3 is 0 Å². The van der Waals surface area contributed by atoms with E-state index in [-0.39, 0.29) is 0 Å². The molecule has 1 fully saturated rings. The van der Waals surface area contributed by atoms with E-state index in [2.05, 4.69) is 24.4 Å². The first-order valence-electron chi connectivity index (χ1n) is 8.42. The Hall–Kier alpha value is -1.06. The Bertz CT molecular complexity index is 387. The maximum Gasteiger partial charge on any atom is 0.119 e. The molecule has 1 aliphatic carbocycles. The number of rotatable bonds is 8. The lowest BCUT2D eigenvalue weighted by Gasteiger charge is -2.15. The molecular weight excluding hydrogens is 262 g/mol. The first kappa shape index (κ1) is 16.3. The van der Waals surface area contributed by atoms with Crippen molar-refractivity contribution in [2.75, 3.05) is 19.8 Å². The van der Waals surface area contributed by atoms with Crippen LogP contribution in [0.3, 0.4) is 0 Å². The lowest BCUT2D eigenvalue weighted by molar-refractivity contribution is 0.0254. The summed E-state index contributed by atoms with van der Waals surface area (Å²) in [7, 11) is 0. The highest BCUT2D eigenvalue weighted by atomic mass is 16.5. The minimum Gasteiger partial charge on any atom is -0.491 e. The van der Waals surface area contributed by atoms with Gasteiger partial charge in [0.2, 0.25) is 0 Å². The Kier molecular flexibility index (Phi) is 7.61. The van der Waals surface area contributed by atoms with Gasteiger partial charge in [-0.15, -0.1) is 0 Å². The first-order chi connectivity index (χ1) is 10.4. The second kappa shape index (κ2) is 9.80. The number of hydrogen-bond donors (Lipinski definition) is 1. The van der Waals surface area contributed by atoms with Gasteiger partial charge in [0.1, 0.15) is 12.4 Å². The summed E-state index contributed by atoms with van der Waals surface area (Å²) in [6, 6.07) is 8.29. The highest BCUT2D eigenvalue weighted by Gasteiger charge is 2.12. The van der Waals surface area contributed by atoms with Gasteiger partial charge in [0.05, 0.1) is 12.7 Å². The molecular formula is C18H29NO2. The topological polar surface area (TPSA) is 30.5 Å². The van der Waals surface area contributed by atoms with E-state index in [1.807, 2.05) is 12.1 Å². The van der Waals surface area contributed by atoms with Crippen molar-refractivity contribution in [1.29, 1.82) is 0 Å². The molecule has 1 aromatic rings. The molecule has 0 atom stereocenters. The van der Waals surface area contributed by atoms with E-state index in [1.54, 1.807) is 0 Å². The Morgan fingerprint density at radius 2 is 1.90 bits per heavy atom. The molecule has 0 unspecified atom stereocenters. The lowest BCUT2D eigenvalue weighted by atomic mass is 10.1. The Morgan fingerprint density at radius 1 is 1.10 bits per heavy atom. The molecule has 0 aromatic heterocycles. The SMILES string of the molecule is CCNCc1cccc(OCCOC2CCCCCC2)c1.